The van der Waals surface area contributed by atoms with Gasteiger partial charge >= 0.3 is 0 Å². The molecule has 1 heteroatoms. The first-order chi connectivity index (χ1) is 9.53. The van der Waals surface area contributed by atoms with Gasteiger partial charge in [0.1, 0.15) is 0 Å². The number of benzene rings is 1. The van der Waals surface area contributed by atoms with Crippen LogP contribution < -0.4 is 0 Å². The first-order valence-electron chi connectivity index (χ1n) is 7.93. The van der Waals surface area contributed by atoms with E-state index in [1.807, 2.05) is 0 Å². The summed E-state index contributed by atoms with van der Waals surface area (Å²) in [6, 6.07) is 6.91. The molecule has 112 valence electrons. The number of hydrogen-bond acceptors (Lipinski definition) is 1. The van der Waals surface area contributed by atoms with Gasteiger partial charge in [0.15, 0.2) is 0 Å². The van der Waals surface area contributed by atoms with Gasteiger partial charge in [0.25, 0.3) is 0 Å². The minimum absolute atomic E-state index is 0.447. The number of allylic oxidation sites excluding steroid dienone is 1. The molecule has 0 aliphatic rings. The lowest BCUT2D eigenvalue weighted by Crippen LogP contribution is -2.14. The molecule has 0 radical (unpaired) electrons. The van der Waals surface area contributed by atoms with Crippen molar-refractivity contribution in [2.75, 3.05) is 0 Å². The van der Waals surface area contributed by atoms with E-state index < -0.39 is 0 Å². The Balaban J connectivity index is 2.93. The summed E-state index contributed by atoms with van der Waals surface area (Å²) < 4.78 is 0. The molecule has 0 amide bonds. The third-order valence-corrected chi connectivity index (χ3v) is 5.14. The first kappa shape index (κ1) is 17.4. The number of thiol groups is 1. The molecule has 0 aliphatic carbocycles. The summed E-state index contributed by atoms with van der Waals surface area (Å²) in [4.78, 5) is 0. The van der Waals surface area contributed by atoms with Gasteiger partial charge in [-0.05, 0) is 48.8 Å². The third-order valence-electron chi connectivity index (χ3n) is 4.27. The lowest BCUT2D eigenvalue weighted by atomic mass is 9.84. The highest BCUT2D eigenvalue weighted by atomic mass is 32.1. The smallest absolute Gasteiger partial charge is 0.00401 e. The second-order valence-electron chi connectivity index (χ2n) is 5.97. The summed E-state index contributed by atoms with van der Waals surface area (Å²) >= 11 is 4.70. The molecule has 1 rings (SSSR count). The Bertz CT molecular complexity index is 422. The Kier molecular flexibility index (Phi) is 7.43. The van der Waals surface area contributed by atoms with Crippen LogP contribution in [0.2, 0.25) is 0 Å². The number of hydrogen-bond donors (Lipinski definition) is 1. The fourth-order valence-corrected chi connectivity index (χ4v) is 2.97. The monoisotopic (exact) mass is 290 g/mol. The zero-order valence-corrected chi connectivity index (χ0v) is 14.4. The van der Waals surface area contributed by atoms with Crippen LogP contribution in [0.5, 0.6) is 0 Å². The molecule has 0 saturated carbocycles. The third kappa shape index (κ3) is 4.70. The summed E-state index contributed by atoms with van der Waals surface area (Å²) in [5.41, 5.74) is 4.29. The highest BCUT2D eigenvalue weighted by molar-refractivity contribution is 7.81. The Morgan fingerprint density at radius 3 is 2.55 bits per heavy atom. The fraction of sp³-hybridized carbons (Fsp3) is 0.579. The fourth-order valence-electron chi connectivity index (χ4n) is 2.84. The van der Waals surface area contributed by atoms with E-state index in [-0.39, 0.29) is 0 Å². The lowest BCUT2D eigenvalue weighted by Gasteiger charge is -2.24. The molecular formula is C19H30S. The van der Waals surface area contributed by atoms with Gasteiger partial charge in [-0.1, -0.05) is 51.5 Å². The minimum Gasteiger partial charge on any atom is -0.176 e. The summed E-state index contributed by atoms with van der Waals surface area (Å²) in [5.74, 6) is 1.06. The molecule has 0 aromatic heterocycles. The normalized spacial score (nSPS) is 15.7. The first-order valence-corrected chi connectivity index (χ1v) is 8.45. The van der Waals surface area contributed by atoms with Crippen LogP contribution in [0.1, 0.15) is 62.6 Å². The van der Waals surface area contributed by atoms with Crippen molar-refractivity contribution in [3.05, 3.63) is 47.5 Å². The van der Waals surface area contributed by atoms with Gasteiger partial charge in [0.2, 0.25) is 0 Å². The van der Waals surface area contributed by atoms with Crippen molar-refractivity contribution in [2.24, 2.45) is 5.92 Å². The molecule has 1 aromatic carbocycles. The molecule has 0 aliphatic heterocycles. The Morgan fingerprint density at radius 2 is 2.00 bits per heavy atom. The summed E-state index contributed by atoms with van der Waals surface area (Å²) in [7, 11) is 0. The van der Waals surface area contributed by atoms with E-state index in [2.05, 4.69) is 58.5 Å². The van der Waals surface area contributed by atoms with Crippen LogP contribution in [0.25, 0.3) is 0 Å². The van der Waals surface area contributed by atoms with Crippen LogP contribution in [-0.2, 0) is 6.42 Å². The van der Waals surface area contributed by atoms with Crippen molar-refractivity contribution >= 4 is 12.6 Å². The predicted octanol–water partition coefficient (Wildman–Crippen LogP) is 5.95. The van der Waals surface area contributed by atoms with Crippen molar-refractivity contribution in [1.29, 1.82) is 0 Å². The molecule has 1 aromatic rings. The molecule has 0 nitrogen and oxygen atoms in total. The van der Waals surface area contributed by atoms with E-state index in [0.717, 1.165) is 19.3 Å². The van der Waals surface area contributed by atoms with E-state index in [1.165, 1.54) is 23.1 Å². The molecule has 20 heavy (non-hydrogen) atoms. The zero-order valence-electron chi connectivity index (χ0n) is 13.5. The average Bonchev–Trinajstić information content (AvgIpc) is 2.46. The van der Waals surface area contributed by atoms with E-state index >= 15 is 0 Å². The van der Waals surface area contributed by atoms with Crippen molar-refractivity contribution in [3.63, 3.8) is 0 Å². The molecule has 3 atom stereocenters. The molecule has 0 N–H and O–H groups in total. The topological polar surface area (TPSA) is 0 Å². The summed E-state index contributed by atoms with van der Waals surface area (Å²) in [5, 5.41) is 0.483. The minimum atomic E-state index is 0.447. The van der Waals surface area contributed by atoms with E-state index in [4.69, 9.17) is 12.6 Å². The maximum Gasteiger partial charge on any atom is 0.00401 e. The molecule has 0 bridgehead atoms. The van der Waals surface area contributed by atoms with Gasteiger partial charge in [-0.2, -0.15) is 12.6 Å². The largest absolute Gasteiger partial charge is 0.176 e. The van der Waals surface area contributed by atoms with Gasteiger partial charge in [0, 0.05) is 11.2 Å². The van der Waals surface area contributed by atoms with Crippen LogP contribution >= 0.6 is 12.6 Å². The van der Waals surface area contributed by atoms with Crippen LogP contribution in [0.4, 0.5) is 0 Å². The van der Waals surface area contributed by atoms with E-state index in [1.54, 1.807) is 0 Å². The van der Waals surface area contributed by atoms with Crippen LogP contribution in [0, 0.1) is 12.8 Å². The van der Waals surface area contributed by atoms with Gasteiger partial charge in [-0.25, -0.2) is 0 Å². The van der Waals surface area contributed by atoms with Gasteiger partial charge in [-0.15, -0.1) is 6.58 Å². The molecule has 0 fully saturated rings. The maximum atomic E-state index is 4.70. The van der Waals surface area contributed by atoms with Crippen molar-refractivity contribution in [3.8, 4) is 0 Å². The van der Waals surface area contributed by atoms with E-state index in [9.17, 15) is 0 Å². The Morgan fingerprint density at radius 1 is 1.30 bits per heavy atom. The van der Waals surface area contributed by atoms with Crippen LogP contribution in [-0.4, -0.2) is 5.25 Å². The molecule has 0 saturated heterocycles. The quantitative estimate of drug-likeness (QED) is 0.444. The molecule has 0 spiro atoms. The molecular weight excluding hydrogens is 260 g/mol. The zero-order chi connectivity index (χ0) is 15.1. The van der Waals surface area contributed by atoms with Gasteiger partial charge in [-0.3, -0.25) is 0 Å². The summed E-state index contributed by atoms with van der Waals surface area (Å²) in [6.45, 7) is 13.0. The van der Waals surface area contributed by atoms with Crippen molar-refractivity contribution < 1.29 is 0 Å². The highest BCUT2D eigenvalue weighted by Gasteiger charge is 2.18. The Labute approximate surface area is 131 Å². The van der Waals surface area contributed by atoms with E-state index in [0.29, 0.717) is 17.1 Å². The standard InChI is InChI=1S/C19H30S/c1-6-9-16-11-10-14(4)18(13-16)17(7-2)12-15(5)19(20)8-3/h7,10-11,13,15,17,19-20H,2,6,8-9,12H2,1,3-5H3. The second-order valence-corrected chi connectivity index (χ2v) is 6.64. The van der Waals surface area contributed by atoms with Crippen LogP contribution in [0.15, 0.2) is 30.9 Å². The van der Waals surface area contributed by atoms with Gasteiger partial charge in [0.05, 0.1) is 0 Å². The average molecular weight is 291 g/mol. The summed E-state index contributed by atoms with van der Waals surface area (Å²) in [6.07, 6.45) is 6.75. The highest BCUT2D eigenvalue weighted by Crippen LogP contribution is 2.31. The lowest BCUT2D eigenvalue weighted by molar-refractivity contribution is 0.478. The van der Waals surface area contributed by atoms with Crippen molar-refractivity contribution in [2.45, 2.75) is 64.5 Å². The maximum absolute atomic E-state index is 4.70. The predicted molar refractivity (Wildman–Crippen MR) is 95.0 cm³/mol. The Hall–Kier alpha value is -0.690. The van der Waals surface area contributed by atoms with Crippen LogP contribution in [0.3, 0.4) is 0 Å². The molecule has 0 heterocycles. The SMILES string of the molecule is C=CC(CC(C)C(S)CC)c1cc(CCC)ccc1C. The number of aryl methyl sites for hydroxylation is 2. The van der Waals surface area contributed by atoms with Crippen molar-refractivity contribution in [1.82, 2.24) is 0 Å². The van der Waals surface area contributed by atoms with Gasteiger partial charge < -0.3 is 0 Å². The molecule has 3 unspecified atom stereocenters. The second kappa shape index (κ2) is 8.56. The number of rotatable bonds is 8.